The van der Waals surface area contributed by atoms with Crippen molar-refractivity contribution in [2.75, 3.05) is 26.2 Å². The van der Waals surface area contributed by atoms with E-state index in [0.717, 1.165) is 32.2 Å². The average Bonchev–Trinajstić information content (AvgIpc) is 2.61. The molecule has 1 aliphatic rings. The van der Waals surface area contributed by atoms with E-state index in [9.17, 15) is 9.59 Å². The van der Waals surface area contributed by atoms with E-state index >= 15 is 0 Å². The van der Waals surface area contributed by atoms with Crippen LogP contribution in [0.1, 0.15) is 78.1 Å². The first-order chi connectivity index (χ1) is 11.7. The number of unbranched alkanes of at least 4 members (excludes halogenated alkanes) is 7. The standard InChI is InChI=1S/C19H37N3O2/c1-3-5-7-9-10-12-18(23)22-15-14-20-16-17(22)19(24)21-13-11-8-6-4-2/h17,20H,3-16H2,1-2H3,(H,21,24)/t17-/m1/s1. The summed E-state index contributed by atoms with van der Waals surface area (Å²) in [6.45, 7) is 7.08. The zero-order chi connectivity index (χ0) is 17.6. The molecule has 1 atom stereocenters. The van der Waals surface area contributed by atoms with E-state index in [1.54, 1.807) is 4.90 Å². The van der Waals surface area contributed by atoms with Crippen LogP contribution in [0.5, 0.6) is 0 Å². The molecular formula is C19H37N3O2. The number of piperazine rings is 1. The lowest BCUT2D eigenvalue weighted by molar-refractivity contribution is -0.141. The molecule has 0 spiro atoms. The molecule has 0 aromatic heterocycles. The van der Waals surface area contributed by atoms with Crippen LogP contribution in [0, 0.1) is 0 Å². The van der Waals surface area contributed by atoms with Crippen molar-refractivity contribution in [2.24, 2.45) is 0 Å². The van der Waals surface area contributed by atoms with E-state index < -0.39 is 0 Å². The molecule has 1 fully saturated rings. The van der Waals surface area contributed by atoms with E-state index in [0.29, 0.717) is 26.1 Å². The van der Waals surface area contributed by atoms with Crippen LogP contribution < -0.4 is 10.6 Å². The first-order valence-corrected chi connectivity index (χ1v) is 9.98. The highest BCUT2D eigenvalue weighted by molar-refractivity contribution is 5.88. The van der Waals surface area contributed by atoms with Crippen molar-refractivity contribution in [1.82, 2.24) is 15.5 Å². The largest absolute Gasteiger partial charge is 0.354 e. The molecule has 140 valence electrons. The Bertz CT molecular complexity index is 327. The van der Waals surface area contributed by atoms with Crippen molar-refractivity contribution in [1.29, 1.82) is 0 Å². The van der Waals surface area contributed by atoms with Crippen LogP contribution in [0.4, 0.5) is 0 Å². The number of nitrogens with one attached hydrogen (secondary N) is 2. The van der Waals surface area contributed by atoms with Crippen LogP contribution in [0.25, 0.3) is 0 Å². The minimum atomic E-state index is -0.340. The zero-order valence-electron chi connectivity index (χ0n) is 15.7. The number of carbonyl (C=O) groups is 2. The van der Waals surface area contributed by atoms with Gasteiger partial charge in [-0.15, -0.1) is 0 Å². The molecule has 1 saturated heterocycles. The Morgan fingerprint density at radius 1 is 1.00 bits per heavy atom. The maximum absolute atomic E-state index is 12.5. The molecule has 24 heavy (non-hydrogen) atoms. The second-order valence-electron chi connectivity index (χ2n) is 6.82. The molecule has 0 aliphatic carbocycles. The Hall–Kier alpha value is -1.10. The number of hydrogen-bond donors (Lipinski definition) is 2. The summed E-state index contributed by atoms with van der Waals surface area (Å²) in [5.41, 5.74) is 0. The third-order valence-corrected chi connectivity index (χ3v) is 4.69. The fourth-order valence-electron chi connectivity index (χ4n) is 3.14. The van der Waals surface area contributed by atoms with Crippen molar-refractivity contribution in [2.45, 2.75) is 84.1 Å². The van der Waals surface area contributed by atoms with Crippen molar-refractivity contribution >= 4 is 11.8 Å². The molecule has 0 bridgehead atoms. The minimum absolute atomic E-state index is 0.00182. The average molecular weight is 340 g/mol. The summed E-state index contributed by atoms with van der Waals surface area (Å²) in [5.74, 6) is 0.136. The number of amides is 2. The van der Waals surface area contributed by atoms with Gasteiger partial charge in [-0.25, -0.2) is 0 Å². The van der Waals surface area contributed by atoms with Crippen molar-refractivity contribution < 1.29 is 9.59 Å². The topological polar surface area (TPSA) is 61.4 Å². The molecule has 0 radical (unpaired) electrons. The van der Waals surface area contributed by atoms with Gasteiger partial charge in [-0.05, 0) is 12.8 Å². The van der Waals surface area contributed by atoms with Gasteiger partial charge in [-0.1, -0.05) is 58.8 Å². The molecule has 5 heteroatoms. The molecule has 0 aromatic carbocycles. The highest BCUT2D eigenvalue weighted by Gasteiger charge is 2.31. The summed E-state index contributed by atoms with van der Waals surface area (Å²) >= 11 is 0. The summed E-state index contributed by atoms with van der Waals surface area (Å²) in [7, 11) is 0. The molecule has 0 unspecified atom stereocenters. The molecule has 1 rings (SSSR count). The van der Waals surface area contributed by atoms with Gasteiger partial charge in [0, 0.05) is 32.6 Å². The predicted octanol–water partition coefficient (Wildman–Crippen LogP) is 2.84. The van der Waals surface area contributed by atoms with Gasteiger partial charge in [0.2, 0.25) is 11.8 Å². The smallest absolute Gasteiger partial charge is 0.244 e. The first kappa shape index (κ1) is 20.9. The second-order valence-corrected chi connectivity index (χ2v) is 6.82. The summed E-state index contributed by atoms with van der Waals surface area (Å²) < 4.78 is 0. The van der Waals surface area contributed by atoms with Crippen LogP contribution in [-0.2, 0) is 9.59 Å². The molecule has 2 amide bonds. The monoisotopic (exact) mass is 339 g/mol. The maximum atomic E-state index is 12.5. The summed E-state index contributed by atoms with van der Waals surface area (Å²) in [6.07, 6.45) is 10.9. The van der Waals surface area contributed by atoms with Crippen LogP contribution in [0.15, 0.2) is 0 Å². The number of nitrogens with zero attached hydrogens (tertiary/aromatic N) is 1. The minimum Gasteiger partial charge on any atom is -0.354 e. The fraction of sp³-hybridized carbons (Fsp3) is 0.895. The quantitative estimate of drug-likeness (QED) is 0.538. The molecule has 1 heterocycles. The molecule has 1 aliphatic heterocycles. The van der Waals surface area contributed by atoms with Gasteiger partial charge in [-0.2, -0.15) is 0 Å². The van der Waals surface area contributed by atoms with E-state index in [2.05, 4.69) is 24.5 Å². The summed E-state index contributed by atoms with van der Waals surface area (Å²) in [5, 5.41) is 6.25. The highest BCUT2D eigenvalue weighted by atomic mass is 16.2. The van der Waals surface area contributed by atoms with E-state index in [1.165, 1.54) is 32.1 Å². The second kappa shape index (κ2) is 13.2. The van der Waals surface area contributed by atoms with Gasteiger partial charge in [-0.3, -0.25) is 9.59 Å². The third-order valence-electron chi connectivity index (χ3n) is 4.69. The van der Waals surface area contributed by atoms with Gasteiger partial charge < -0.3 is 15.5 Å². The van der Waals surface area contributed by atoms with Gasteiger partial charge in [0.1, 0.15) is 6.04 Å². The van der Waals surface area contributed by atoms with Crippen LogP contribution in [0.2, 0.25) is 0 Å². The highest BCUT2D eigenvalue weighted by Crippen LogP contribution is 2.11. The van der Waals surface area contributed by atoms with Gasteiger partial charge in [0.15, 0.2) is 0 Å². The fourth-order valence-corrected chi connectivity index (χ4v) is 3.14. The Kier molecular flexibility index (Phi) is 11.5. The van der Waals surface area contributed by atoms with Gasteiger partial charge >= 0.3 is 0 Å². The lowest BCUT2D eigenvalue weighted by Gasteiger charge is -2.35. The predicted molar refractivity (Wildman–Crippen MR) is 98.9 cm³/mol. The summed E-state index contributed by atoms with van der Waals surface area (Å²) in [4.78, 5) is 26.7. The molecule has 0 saturated carbocycles. The van der Waals surface area contributed by atoms with Crippen molar-refractivity contribution in [3.8, 4) is 0 Å². The molecule has 0 aromatic rings. The Morgan fingerprint density at radius 2 is 1.67 bits per heavy atom. The first-order valence-electron chi connectivity index (χ1n) is 9.98. The lowest BCUT2D eigenvalue weighted by atomic mass is 10.1. The molecule has 2 N–H and O–H groups in total. The van der Waals surface area contributed by atoms with E-state index in [1.807, 2.05) is 0 Å². The van der Waals surface area contributed by atoms with Crippen LogP contribution in [-0.4, -0.2) is 48.9 Å². The SMILES string of the molecule is CCCCCCCC(=O)N1CCNC[C@@H]1C(=O)NCCCCCC. The van der Waals surface area contributed by atoms with Crippen molar-refractivity contribution in [3.05, 3.63) is 0 Å². The van der Waals surface area contributed by atoms with Gasteiger partial charge in [0.25, 0.3) is 0 Å². The number of hydrogen-bond acceptors (Lipinski definition) is 3. The Balaban J connectivity index is 2.34. The molecule has 5 nitrogen and oxygen atoms in total. The van der Waals surface area contributed by atoms with E-state index in [4.69, 9.17) is 0 Å². The normalized spacial score (nSPS) is 17.8. The number of rotatable bonds is 12. The lowest BCUT2D eigenvalue weighted by Crippen LogP contribution is -2.59. The van der Waals surface area contributed by atoms with E-state index in [-0.39, 0.29) is 17.9 Å². The Labute approximate surface area is 147 Å². The third kappa shape index (κ3) is 8.13. The van der Waals surface area contributed by atoms with Crippen molar-refractivity contribution in [3.63, 3.8) is 0 Å². The maximum Gasteiger partial charge on any atom is 0.244 e. The number of carbonyl (C=O) groups excluding carboxylic acids is 2. The van der Waals surface area contributed by atoms with Gasteiger partial charge in [0.05, 0.1) is 0 Å². The molecular weight excluding hydrogens is 302 g/mol. The van der Waals surface area contributed by atoms with Crippen LogP contribution >= 0.6 is 0 Å². The summed E-state index contributed by atoms with van der Waals surface area (Å²) in [6, 6.07) is -0.340. The Morgan fingerprint density at radius 3 is 2.38 bits per heavy atom. The van der Waals surface area contributed by atoms with Crippen LogP contribution in [0.3, 0.4) is 0 Å². The zero-order valence-corrected chi connectivity index (χ0v) is 15.7.